The van der Waals surface area contributed by atoms with E-state index in [0.29, 0.717) is 5.92 Å². The number of benzene rings is 1. The van der Waals surface area contributed by atoms with Gasteiger partial charge >= 0.3 is 0 Å². The second kappa shape index (κ2) is 7.48. The Kier molecular flexibility index (Phi) is 4.94. The number of rotatable bonds is 4. The average molecular weight is 320 g/mol. The Bertz CT molecular complexity index is 629. The molecule has 0 bridgehead atoms. The van der Waals surface area contributed by atoms with Crippen LogP contribution in [-0.4, -0.2) is 29.5 Å². The van der Waals surface area contributed by atoms with Gasteiger partial charge in [0, 0.05) is 25.5 Å². The van der Waals surface area contributed by atoms with Crippen LogP contribution in [0.25, 0.3) is 11.1 Å². The highest BCUT2D eigenvalue weighted by Crippen LogP contribution is 2.31. The van der Waals surface area contributed by atoms with Crippen molar-refractivity contribution in [2.45, 2.75) is 44.4 Å². The molecule has 1 aliphatic carbocycles. The summed E-state index contributed by atoms with van der Waals surface area (Å²) < 4.78 is 0. The molecule has 126 valence electrons. The van der Waals surface area contributed by atoms with Gasteiger partial charge in [0.05, 0.1) is 0 Å². The first-order valence-electron chi connectivity index (χ1n) is 9.61. The minimum atomic E-state index is 0.714. The molecule has 2 nitrogen and oxygen atoms in total. The van der Waals surface area contributed by atoms with Gasteiger partial charge < -0.3 is 4.90 Å². The molecule has 0 amide bonds. The molecule has 2 aliphatic rings. The van der Waals surface area contributed by atoms with Crippen molar-refractivity contribution < 1.29 is 0 Å². The van der Waals surface area contributed by atoms with E-state index in [0.717, 1.165) is 5.92 Å². The Morgan fingerprint density at radius 2 is 1.54 bits per heavy atom. The maximum Gasteiger partial charge on any atom is 0.0273 e. The Labute approximate surface area is 145 Å². The number of piperidine rings is 1. The maximum atomic E-state index is 4.11. The minimum absolute atomic E-state index is 0.714. The number of likely N-dealkylation sites (tertiary alicyclic amines) is 1. The highest BCUT2D eigenvalue weighted by molar-refractivity contribution is 5.63. The van der Waals surface area contributed by atoms with Crippen molar-refractivity contribution in [1.29, 1.82) is 0 Å². The van der Waals surface area contributed by atoms with E-state index < -0.39 is 0 Å². The third-order valence-corrected chi connectivity index (χ3v) is 5.89. The molecule has 1 saturated heterocycles. The van der Waals surface area contributed by atoms with Crippen LogP contribution < -0.4 is 0 Å². The van der Waals surface area contributed by atoms with Crippen LogP contribution in [0.5, 0.6) is 0 Å². The zero-order valence-corrected chi connectivity index (χ0v) is 14.5. The number of aromatic nitrogens is 1. The van der Waals surface area contributed by atoms with Gasteiger partial charge in [-0.2, -0.15) is 0 Å². The Balaban J connectivity index is 1.41. The molecule has 2 aromatic rings. The van der Waals surface area contributed by atoms with Crippen LogP contribution in [0.3, 0.4) is 0 Å². The molecule has 0 spiro atoms. The standard InChI is InChI=1S/C22H28N2/c1-2-5-18(4-1)16-24-15-3-6-22(17-24)20-9-7-19(8-10-20)21-11-13-23-14-12-21/h7-14,18,22H,1-6,15-17H2/t22-/m0/s1. The van der Waals surface area contributed by atoms with Crippen molar-refractivity contribution in [2.75, 3.05) is 19.6 Å². The molecule has 1 aromatic carbocycles. The van der Waals surface area contributed by atoms with Crippen LogP contribution in [-0.2, 0) is 0 Å². The molecule has 2 heterocycles. The first-order valence-corrected chi connectivity index (χ1v) is 9.61. The summed E-state index contributed by atoms with van der Waals surface area (Å²) in [6.07, 6.45) is 12.3. The zero-order valence-electron chi connectivity index (χ0n) is 14.5. The number of hydrogen-bond acceptors (Lipinski definition) is 2. The van der Waals surface area contributed by atoms with E-state index >= 15 is 0 Å². The number of pyridine rings is 1. The largest absolute Gasteiger partial charge is 0.302 e. The van der Waals surface area contributed by atoms with Crippen molar-refractivity contribution in [3.8, 4) is 11.1 Å². The van der Waals surface area contributed by atoms with Gasteiger partial charge in [0.2, 0.25) is 0 Å². The van der Waals surface area contributed by atoms with Crippen molar-refractivity contribution >= 4 is 0 Å². The van der Waals surface area contributed by atoms with E-state index in [1.807, 2.05) is 12.4 Å². The molecule has 4 rings (SSSR count). The van der Waals surface area contributed by atoms with Gasteiger partial charge in [-0.05, 0) is 72.9 Å². The van der Waals surface area contributed by atoms with Gasteiger partial charge in [-0.1, -0.05) is 37.1 Å². The monoisotopic (exact) mass is 320 g/mol. The Morgan fingerprint density at radius 3 is 2.29 bits per heavy atom. The molecule has 1 aliphatic heterocycles. The molecule has 2 heteroatoms. The fourth-order valence-electron chi connectivity index (χ4n) is 4.54. The van der Waals surface area contributed by atoms with Crippen molar-refractivity contribution in [3.05, 3.63) is 54.4 Å². The molecule has 1 atom stereocenters. The second-order valence-electron chi connectivity index (χ2n) is 7.61. The molecular formula is C22H28N2. The van der Waals surface area contributed by atoms with E-state index in [1.165, 1.54) is 74.8 Å². The highest BCUT2D eigenvalue weighted by atomic mass is 15.1. The summed E-state index contributed by atoms with van der Waals surface area (Å²) in [5.74, 6) is 1.68. The third kappa shape index (κ3) is 3.70. The normalized spacial score (nSPS) is 22.8. The lowest BCUT2D eigenvalue weighted by Gasteiger charge is -2.34. The van der Waals surface area contributed by atoms with Crippen molar-refractivity contribution in [3.63, 3.8) is 0 Å². The summed E-state index contributed by atoms with van der Waals surface area (Å²) in [5.41, 5.74) is 4.06. The Hall–Kier alpha value is -1.67. The number of hydrogen-bond donors (Lipinski definition) is 0. The van der Waals surface area contributed by atoms with Gasteiger partial charge in [-0.3, -0.25) is 4.98 Å². The van der Waals surface area contributed by atoms with Crippen LogP contribution >= 0.6 is 0 Å². The summed E-state index contributed by atoms with van der Waals surface area (Å²) in [5, 5.41) is 0. The fraction of sp³-hybridized carbons (Fsp3) is 0.500. The molecular weight excluding hydrogens is 292 g/mol. The summed E-state index contributed by atoms with van der Waals surface area (Å²) in [6, 6.07) is 13.4. The van der Waals surface area contributed by atoms with E-state index in [-0.39, 0.29) is 0 Å². The molecule has 0 N–H and O–H groups in total. The topological polar surface area (TPSA) is 16.1 Å². The molecule has 1 aromatic heterocycles. The molecule has 1 saturated carbocycles. The van der Waals surface area contributed by atoms with E-state index in [2.05, 4.69) is 46.3 Å². The fourth-order valence-corrected chi connectivity index (χ4v) is 4.54. The van der Waals surface area contributed by atoms with Crippen molar-refractivity contribution in [1.82, 2.24) is 9.88 Å². The van der Waals surface area contributed by atoms with Crippen LogP contribution in [0.2, 0.25) is 0 Å². The number of nitrogens with zero attached hydrogens (tertiary/aromatic N) is 2. The van der Waals surface area contributed by atoms with E-state index in [4.69, 9.17) is 0 Å². The lowest BCUT2D eigenvalue weighted by atomic mass is 9.89. The lowest BCUT2D eigenvalue weighted by molar-refractivity contribution is 0.179. The van der Waals surface area contributed by atoms with Crippen LogP contribution in [0.4, 0.5) is 0 Å². The predicted octanol–water partition coefficient (Wildman–Crippen LogP) is 5.12. The van der Waals surface area contributed by atoms with Crippen LogP contribution in [0.15, 0.2) is 48.8 Å². The Morgan fingerprint density at radius 1 is 0.833 bits per heavy atom. The van der Waals surface area contributed by atoms with Gasteiger partial charge in [-0.15, -0.1) is 0 Å². The van der Waals surface area contributed by atoms with Gasteiger partial charge in [0.1, 0.15) is 0 Å². The highest BCUT2D eigenvalue weighted by Gasteiger charge is 2.24. The first-order chi connectivity index (χ1) is 11.9. The quantitative estimate of drug-likeness (QED) is 0.777. The summed E-state index contributed by atoms with van der Waals surface area (Å²) in [6.45, 7) is 3.90. The van der Waals surface area contributed by atoms with Crippen molar-refractivity contribution in [2.24, 2.45) is 5.92 Å². The maximum absolute atomic E-state index is 4.11. The molecule has 0 radical (unpaired) electrons. The van der Waals surface area contributed by atoms with Gasteiger partial charge in [-0.25, -0.2) is 0 Å². The predicted molar refractivity (Wildman–Crippen MR) is 100 cm³/mol. The summed E-state index contributed by atoms with van der Waals surface area (Å²) in [7, 11) is 0. The summed E-state index contributed by atoms with van der Waals surface area (Å²) in [4.78, 5) is 6.84. The first kappa shape index (κ1) is 15.8. The smallest absolute Gasteiger partial charge is 0.0273 e. The van der Waals surface area contributed by atoms with Gasteiger partial charge in [0.25, 0.3) is 0 Å². The average Bonchev–Trinajstić information content (AvgIpc) is 3.16. The SMILES string of the molecule is c1cc(-c2ccc([C@H]3CCCN(CC4CCCC4)C3)cc2)ccn1. The van der Waals surface area contributed by atoms with Crippen LogP contribution in [0.1, 0.15) is 50.0 Å². The van der Waals surface area contributed by atoms with E-state index in [9.17, 15) is 0 Å². The molecule has 2 fully saturated rings. The zero-order chi connectivity index (χ0) is 16.2. The van der Waals surface area contributed by atoms with E-state index in [1.54, 1.807) is 0 Å². The van der Waals surface area contributed by atoms with Gasteiger partial charge in [0.15, 0.2) is 0 Å². The summed E-state index contributed by atoms with van der Waals surface area (Å²) >= 11 is 0. The second-order valence-corrected chi connectivity index (χ2v) is 7.61. The van der Waals surface area contributed by atoms with Crippen LogP contribution in [0, 0.1) is 5.92 Å². The minimum Gasteiger partial charge on any atom is -0.302 e. The lowest BCUT2D eigenvalue weighted by Crippen LogP contribution is -2.37. The third-order valence-electron chi connectivity index (χ3n) is 5.89. The molecule has 0 unspecified atom stereocenters. The molecule has 24 heavy (non-hydrogen) atoms.